The Morgan fingerprint density at radius 2 is 0.778 bits per heavy atom. The molecule has 0 saturated heterocycles. The van der Waals surface area contributed by atoms with Gasteiger partial charge in [0.2, 0.25) is 0 Å². The van der Waals surface area contributed by atoms with Gasteiger partial charge in [-0.25, -0.2) is 15.0 Å². The third kappa shape index (κ3) is 6.49. The van der Waals surface area contributed by atoms with Gasteiger partial charge in [-0.1, -0.05) is 164 Å². The highest BCUT2D eigenvalue weighted by Crippen LogP contribution is 2.44. The number of aromatic nitrogens is 3. The fourth-order valence-electron chi connectivity index (χ4n) is 8.72. The largest absolute Gasteiger partial charge is 0.456 e. The van der Waals surface area contributed by atoms with Gasteiger partial charge in [0.15, 0.2) is 17.5 Å². The molecule has 0 saturated carbocycles. The number of nitrogens with zero attached hydrogens (tertiary/aromatic N) is 4. The van der Waals surface area contributed by atoms with Crippen molar-refractivity contribution < 1.29 is 8.83 Å². The summed E-state index contributed by atoms with van der Waals surface area (Å²) in [7, 11) is 0. The quantitative estimate of drug-likeness (QED) is 0.152. The molecule has 0 fully saturated rings. The van der Waals surface area contributed by atoms with Gasteiger partial charge < -0.3 is 13.7 Å². The second-order valence-electron chi connectivity index (χ2n) is 15.6. The van der Waals surface area contributed by atoms with E-state index in [0.29, 0.717) is 17.5 Å². The van der Waals surface area contributed by atoms with E-state index in [-0.39, 0.29) is 0 Å². The molecule has 0 aliphatic carbocycles. The highest BCUT2D eigenvalue weighted by atomic mass is 16.3. The lowest BCUT2D eigenvalue weighted by Crippen LogP contribution is -2.10. The van der Waals surface area contributed by atoms with Crippen LogP contribution in [-0.4, -0.2) is 15.0 Å². The van der Waals surface area contributed by atoms with Crippen LogP contribution in [0.3, 0.4) is 0 Å². The Bertz CT molecular complexity index is 3520. The number of hydrogen-bond donors (Lipinski definition) is 0. The minimum Gasteiger partial charge on any atom is -0.456 e. The summed E-state index contributed by atoms with van der Waals surface area (Å²) in [5.74, 6) is 1.59. The van der Waals surface area contributed by atoms with Crippen molar-refractivity contribution >= 4 is 60.9 Å². The number of para-hydroxylation sites is 3. The lowest BCUT2D eigenvalue weighted by molar-refractivity contribution is 0.668. The molecule has 63 heavy (non-hydrogen) atoms. The number of fused-ring (bicyclic) bond motifs is 6. The summed E-state index contributed by atoms with van der Waals surface area (Å²) in [5, 5.41) is 3.94. The fourth-order valence-corrected chi connectivity index (χ4v) is 8.72. The summed E-state index contributed by atoms with van der Waals surface area (Å²) in [6.45, 7) is 0. The van der Waals surface area contributed by atoms with Gasteiger partial charge in [-0.2, -0.15) is 0 Å². The molecular formula is C57H36N4O2. The number of anilines is 3. The Balaban J connectivity index is 1.10. The van der Waals surface area contributed by atoms with E-state index in [1.807, 2.05) is 91.0 Å². The van der Waals surface area contributed by atoms with Crippen molar-refractivity contribution in [3.63, 3.8) is 0 Å². The second kappa shape index (κ2) is 15.1. The standard InChI is InChI=1S/C57H36N4O2/c1-4-15-37(16-5-1)39-27-31-42(32-28-39)61(43-33-29-40(30-34-43)38-17-6-2-7-18-38)44-35-49(53-47-22-11-13-26-51(47)62-52(53)36-44)57-59-55(41-19-8-3-9-20-41)58-56(60-57)48-24-14-23-46-45-21-10-12-25-50(45)63-54(46)48/h1-36H. The molecule has 6 heteroatoms. The Kier molecular flexibility index (Phi) is 8.71. The van der Waals surface area contributed by atoms with Gasteiger partial charge in [0.1, 0.15) is 22.3 Å². The van der Waals surface area contributed by atoms with Crippen LogP contribution in [0.4, 0.5) is 17.1 Å². The molecule has 3 heterocycles. The zero-order chi connectivity index (χ0) is 41.7. The zero-order valence-electron chi connectivity index (χ0n) is 33.9. The van der Waals surface area contributed by atoms with Crippen molar-refractivity contribution in [1.29, 1.82) is 0 Å². The van der Waals surface area contributed by atoms with Crippen LogP contribution in [-0.2, 0) is 0 Å². The van der Waals surface area contributed by atoms with Gasteiger partial charge in [0.25, 0.3) is 0 Å². The summed E-state index contributed by atoms with van der Waals surface area (Å²) in [5.41, 5.74) is 13.0. The fraction of sp³-hybridized carbons (Fsp3) is 0. The molecule has 0 amide bonds. The van der Waals surface area contributed by atoms with Crippen molar-refractivity contribution in [2.24, 2.45) is 0 Å². The molecule has 3 aromatic heterocycles. The van der Waals surface area contributed by atoms with Crippen molar-refractivity contribution in [2.75, 3.05) is 4.90 Å². The maximum atomic E-state index is 6.74. The van der Waals surface area contributed by atoms with E-state index >= 15 is 0 Å². The third-order valence-corrected chi connectivity index (χ3v) is 11.7. The molecule has 0 spiro atoms. The first kappa shape index (κ1) is 36.3. The van der Waals surface area contributed by atoms with E-state index in [0.717, 1.165) is 99.9 Å². The van der Waals surface area contributed by atoms with Gasteiger partial charge in [-0.05, 0) is 70.8 Å². The minimum atomic E-state index is 0.514. The van der Waals surface area contributed by atoms with Crippen LogP contribution in [0.2, 0.25) is 0 Å². The summed E-state index contributed by atoms with van der Waals surface area (Å²) in [4.78, 5) is 18.1. The van der Waals surface area contributed by atoms with Crippen LogP contribution in [0.15, 0.2) is 227 Å². The van der Waals surface area contributed by atoms with Gasteiger partial charge in [0.05, 0.1) is 11.3 Å². The predicted octanol–water partition coefficient (Wildman–Crippen LogP) is 15.5. The maximum absolute atomic E-state index is 6.74. The van der Waals surface area contributed by atoms with Crippen LogP contribution < -0.4 is 4.90 Å². The summed E-state index contributed by atoms with van der Waals surface area (Å²) >= 11 is 0. The first-order valence-corrected chi connectivity index (χ1v) is 21.0. The molecule has 0 atom stereocenters. The molecule has 296 valence electrons. The monoisotopic (exact) mass is 808 g/mol. The Hall–Kier alpha value is -8.61. The molecule has 12 rings (SSSR count). The Morgan fingerprint density at radius 3 is 1.40 bits per heavy atom. The molecule has 0 unspecified atom stereocenters. The minimum absolute atomic E-state index is 0.514. The van der Waals surface area contributed by atoms with Crippen molar-refractivity contribution in [3.8, 4) is 56.4 Å². The molecule has 6 nitrogen and oxygen atoms in total. The smallest absolute Gasteiger partial charge is 0.167 e. The van der Waals surface area contributed by atoms with Gasteiger partial charge in [-0.15, -0.1) is 0 Å². The average molecular weight is 809 g/mol. The zero-order valence-corrected chi connectivity index (χ0v) is 33.9. The number of furan rings is 2. The van der Waals surface area contributed by atoms with Gasteiger partial charge >= 0.3 is 0 Å². The lowest BCUT2D eigenvalue weighted by Gasteiger charge is -2.26. The molecule has 9 aromatic carbocycles. The Morgan fingerprint density at radius 1 is 0.302 bits per heavy atom. The van der Waals surface area contributed by atoms with E-state index in [2.05, 4.69) is 132 Å². The van der Waals surface area contributed by atoms with Crippen molar-refractivity contribution in [1.82, 2.24) is 15.0 Å². The van der Waals surface area contributed by atoms with Crippen molar-refractivity contribution in [3.05, 3.63) is 218 Å². The molecule has 0 radical (unpaired) electrons. The summed E-state index contributed by atoms with van der Waals surface area (Å²) < 4.78 is 13.3. The van der Waals surface area contributed by atoms with Crippen LogP contribution >= 0.6 is 0 Å². The Labute approximate surface area is 363 Å². The molecular weight excluding hydrogens is 773 g/mol. The topological polar surface area (TPSA) is 68.2 Å². The van der Waals surface area contributed by atoms with Crippen LogP contribution in [0, 0.1) is 0 Å². The first-order valence-electron chi connectivity index (χ1n) is 21.0. The van der Waals surface area contributed by atoms with E-state index in [1.54, 1.807) is 0 Å². The van der Waals surface area contributed by atoms with E-state index in [4.69, 9.17) is 23.8 Å². The normalized spacial score (nSPS) is 11.5. The predicted molar refractivity (Wildman–Crippen MR) is 256 cm³/mol. The van der Waals surface area contributed by atoms with Crippen LogP contribution in [0.5, 0.6) is 0 Å². The van der Waals surface area contributed by atoms with E-state index in [1.165, 1.54) is 0 Å². The van der Waals surface area contributed by atoms with Crippen LogP contribution in [0.25, 0.3) is 100 Å². The highest BCUT2D eigenvalue weighted by Gasteiger charge is 2.24. The first-order chi connectivity index (χ1) is 31.2. The van der Waals surface area contributed by atoms with E-state index in [9.17, 15) is 0 Å². The average Bonchev–Trinajstić information content (AvgIpc) is 3.94. The summed E-state index contributed by atoms with van der Waals surface area (Å²) in [6, 6.07) is 75.2. The van der Waals surface area contributed by atoms with Crippen molar-refractivity contribution in [2.45, 2.75) is 0 Å². The summed E-state index contributed by atoms with van der Waals surface area (Å²) in [6.07, 6.45) is 0. The number of rotatable bonds is 8. The number of hydrogen-bond acceptors (Lipinski definition) is 6. The molecule has 12 aromatic rings. The van der Waals surface area contributed by atoms with Gasteiger partial charge in [0, 0.05) is 50.1 Å². The molecule has 0 bridgehead atoms. The highest BCUT2D eigenvalue weighted by molar-refractivity contribution is 6.14. The second-order valence-corrected chi connectivity index (χ2v) is 15.6. The van der Waals surface area contributed by atoms with Gasteiger partial charge in [-0.3, -0.25) is 0 Å². The number of benzene rings is 9. The maximum Gasteiger partial charge on any atom is 0.167 e. The SMILES string of the molecule is c1ccc(-c2ccc(N(c3ccc(-c4ccccc4)cc3)c3cc(-c4nc(-c5ccccc5)nc(-c5cccc6c5oc5ccccc56)n4)c4c(c3)oc3ccccc34)cc2)cc1. The van der Waals surface area contributed by atoms with E-state index < -0.39 is 0 Å². The lowest BCUT2D eigenvalue weighted by atomic mass is 10.0. The van der Waals surface area contributed by atoms with Crippen LogP contribution in [0.1, 0.15) is 0 Å². The molecule has 0 aliphatic rings. The third-order valence-electron chi connectivity index (χ3n) is 11.7. The molecule has 0 aliphatic heterocycles. The molecule has 0 N–H and O–H groups in total.